The van der Waals surface area contributed by atoms with E-state index in [1.807, 2.05) is 6.07 Å². The summed E-state index contributed by atoms with van der Waals surface area (Å²) >= 11 is 0. The fourth-order valence-electron chi connectivity index (χ4n) is 1.24. The second-order valence-electron chi connectivity index (χ2n) is 3.57. The standard InChI is InChI=1S/C11H17N3O/c1-8-3-4-10(7-9(8)2)13-6-5-11(12)14-15/h3-4,7,13,15H,5-6H2,1-2H3,(H2,12,14). The molecule has 0 aliphatic rings. The van der Waals surface area contributed by atoms with E-state index in [0.717, 1.165) is 5.69 Å². The number of nitrogens with zero attached hydrogens (tertiary/aromatic N) is 1. The smallest absolute Gasteiger partial charge is 0.140 e. The fraction of sp³-hybridized carbons (Fsp3) is 0.364. The monoisotopic (exact) mass is 207 g/mol. The molecule has 0 unspecified atom stereocenters. The first-order valence-corrected chi connectivity index (χ1v) is 4.91. The summed E-state index contributed by atoms with van der Waals surface area (Å²) in [5.74, 6) is 0.242. The van der Waals surface area contributed by atoms with Crippen LogP contribution in [-0.4, -0.2) is 17.6 Å². The SMILES string of the molecule is Cc1ccc(NCCC(N)=NO)cc1C. The third-order valence-corrected chi connectivity index (χ3v) is 2.35. The highest BCUT2D eigenvalue weighted by Gasteiger charge is 1.96. The molecule has 4 heteroatoms. The van der Waals surface area contributed by atoms with Gasteiger partial charge in [-0.25, -0.2) is 0 Å². The lowest BCUT2D eigenvalue weighted by Gasteiger charge is -2.07. The predicted molar refractivity (Wildman–Crippen MR) is 62.4 cm³/mol. The van der Waals surface area contributed by atoms with Crippen molar-refractivity contribution in [3.63, 3.8) is 0 Å². The maximum Gasteiger partial charge on any atom is 0.140 e. The first-order valence-electron chi connectivity index (χ1n) is 4.91. The van der Waals surface area contributed by atoms with Gasteiger partial charge in [-0.15, -0.1) is 0 Å². The zero-order valence-corrected chi connectivity index (χ0v) is 9.12. The number of nitrogens with two attached hydrogens (primary N) is 1. The highest BCUT2D eigenvalue weighted by molar-refractivity contribution is 5.80. The molecule has 0 heterocycles. The van der Waals surface area contributed by atoms with Crippen molar-refractivity contribution in [2.45, 2.75) is 20.3 Å². The van der Waals surface area contributed by atoms with Crippen LogP contribution in [0.25, 0.3) is 0 Å². The first-order chi connectivity index (χ1) is 7.13. The Kier molecular flexibility index (Phi) is 3.97. The van der Waals surface area contributed by atoms with Crippen molar-refractivity contribution in [3.05, 3.63) is 29.3 Å². The Morgan fingerprint density at radius 3 is 2.73 bits per heavy atom. The Labute approximate surface area is 89.8 Å². The molecule has 0 saturated heterocycles. The van der Waals surface area contributed by atoms with Crippen molar-refractivity contribution in [2.75, 3.05) is 11.9 Å². The molecule has 0 atom stereocenters. The molecule has 0 bridgehead atoms. The zero-order chi connectivity index (χ0) is 11.3. The van der Waals surface area contributed by atoms with Crippen molar-refractivity contribution >= 4 is 11.5 Å². The van der Waals surface area contributed by atoms with Gasteiger partial charge in [0.25, 0.3) is 0 Å². The Morgan fingerprint density at radius 1 is 1.40 bits per heavy atom. The van der Waals surface area contributed by atoms with Gasteiger partial charge in [-0.05, 0) is 37.1 Å². The van der Waals surface area contributed by atoms with Crippen molar-refractivity contribution in [1.82, 2.24) is 0 Å². The normalized spacial score (nSPS) is 11.5. The average Bonchev–Trinajstić information content (AvgIpc) is 2.23. The van der Waals surface area contributed by atoms with E-state index in [1.54, 1.807) is 0 Å². The quantitative estimate of drug-likeness (QED) is 0.305. The second kappa shape index (κ2) is 5.24. The van der Waals surface area contributed by atoms with E-state index < -0.39 is 0 Å². The van der Waals surface area contributed by atoms with Crippen LogP contribution in [0.3, 0.4) is 0 Å². The van der Waals surface area contributed by atoms with Gasteiger partial charge in [0.15, 0.2) is 0 Å². The Morgan fingerprint density at radius 2 is 2.13 bits per heavy atom. The number of amidine groups is 1. The zero-order valence-electron chi connectivity index (χ0n) is 9.12. The molecule has 1 rings (SSSR count). The summed E-state index contributed by atoms with van der Waals surface area (Å²) in [5.41, 5.74) is 8.94. The van der Waals surface area contributed by atoms with Gasteiger partial charge in [0, 0.05) is 18.7 Å². The minimum Gasteiger partial charge on any atom is -0.409 e. The Bertz CT molecular complexity index is 361. The molecule has 15 heavy (non-hydrogen) atoms. The second-order valence-corrected chi connectivity index (χ2v) is 3.57. The largest absolute Gasteiger partial charge is 0.409 e. The topological polar surface area (TPSA) is 70.6 Å². The lowest BCUT2D eigenvalue weighted by atomic mass is 10.1. The summed E-state index contributed by atoms with van der Waals surface area (Å²) in [7, 11) is 0. The van der Waals surface area contributed by atoms with Gasteiger partial charge in [0.1, 0.15) is 5.84 Å². The van der Waals surface area contributed by atoms with Crippen LogP contribution in [0, 0.1) is 13.8 Å². The van der Waals surface area contributed by atoms with Gasteiger partial charge in [-0.1, -0.05) is 11.2 Å². The molecule has 82 valence electrons. The summed E-state index contributed by atoms with van der Waals surface area (Å²) in [6.07, 6.45) is 0.531. The summed E-state index contributed by atoms with van der Waals surface area (Å²) in [4.78, 5) is 0. The molecular weight excluding hydrogens is 190 g/mol. The van der Waals surface area contributed by atoms with Crippen molar-refractivity contribution < 1.29 is 5.21 Å². The summed E-state index contributed by atoms with van der Waals surface area (Å²) in [6.45, 7) is 4.82. The van der Waals surface area contributed by atoms with Crippen LogP contribution < -0.4 is 11.1 Å². The average molecular weight is 207 g/mol. The van der Waals surface area contributed by atoms with E-state index in [2.05, 4.69) is 36.5 Å². The van der Waals surface area contributed by atoms with E-state index in [4.69, 9.17) is 10.9 Å². The lowest BCUT2D eigenvalue weighted by molar-refractivity contribution is 0.317. The van der Waals surface area contributed by atoms with Crippen LogP contribution >= 0.6 is 0 Å². The molecule has 0 amide bonds. The molecule has 0 fully saturated rings. The molecule has 1 aromatic carbocycles. The molecule has 0 saturated carbocycles. The molecule has 0 radical (unpaired) electrons. The van der Waals surface area contributed by atoms with Crippen molar-refractivity contribution in [2.24, 2.45) is 10.9 Å². The van der Waals surface area contributed by atoms with E-state index in [-0.39, 0.29) is 5.84 Å². The maximum atomic E-state index is 8.35. The minimum absolute atomic E-state index is 0.242. The molecule has 0 aliphatic carbocycles. The van der Waals surface area contributed by atoms with E-state index in [1.165, 1.54) is 11.1 Å². The highest BCUT2D eigenvalue weighted by Crippen LogP contribution is 2.13. The molecule has 0 spiro atoms. The number of rotatable bonds is 4. The molecule has 1 aromatic rings. The van der Waals surface area contributed by atoms with Gasteiger partial charge in [0.05, 0.1) is 0 Å². The number of oxime groups is 1. The predicted octanol–water partition coefficient (Wildman–Crippen LogP) is 1.85. The number of benzene rings is 1. The molecule has 0 aliphatic heterocycles. The molecule has 4 N–H and O–H groups in total. The van der Waals surface area contributed by atoms with Gasteiger partial charge in [0.2, 0.25) is 0 Å². The van der Waals surface area contributed by atoms with Crippen LogP contribution in [0.5, 0.6) is 0 Å². The fourth-order valence-corrected chi connectivity index (χ4v) is 1.24. The summed E-state index contributed by atoms with van der Waals surface area (Å²) in [5, 5.41) is 14.5. The Balaban J connectivity index is 2.48. The molecular formula is C11H17N3O. The third kappa shape index (κ3) is 3.50. The van der Waals surface area contributed by atoms with E-state index >= 15 is 0 Å². The Hall–Kier alpha value is -1.71. The van der Waals surface area contributed by atoms with Gasteiger partial charge in [-0.3, -0.25) is 0 Å². The van der Waals surface area contributed by atoms with Crippen LogP contribution in [-0.2, 0) is 0 Å². The number of hydrogen-bond donors (Lipinski definition) is 3. The lowest BCUT2D eigenvalue weighted by Crippen LogP contribution is -2.16. The summed E-state index contributed by atoms with van der Waals surface area (Å²) < 4.78 is 0. The van der Waals surface area contributed by atoms with Gasteiger partial charge >= 0.3 is 0 Å². The van der Waals surface area contributed by atoms with Crippen LogP contribution in [0.2, 0.25) is 0 Å². The first kappa shape index (κ1) is 11.4. The highest BCUT2D eigenvalue weighted by atomic mass is 16.4. The van der Waals surface area contributed by atoms with Crippen LogP contribution in [0.1, 0.15) is 17.5 Å². The minimum atomic E-state index is 0.242. The maximum absolute atomic E-state index is 8.35. The van der Waals surface area contributed by atoms with Crippen molar-refractivity contribution in [3.8, 4) is 0 Å². The molecule has 4 nitrogen and oxygen atoms in total. The van der Waals surface area contributed by atoms with Gasteiger partial charge < -0.3 is 16.3 Å². The van der Waals surface area contributed by atoms with E-state index in [9.17, 15) is 0 Å². The third-order valence-electron chi connectivity index (χ3n) is 2.35. The van der Waals surface area contributed by atoms with Crippen LogP contribution in [0.15, 0.2) is 23.4 Å². The number of anilines is 1. The number of nitrogens with one attached hydrogen (secondary N) is 1. The number of hydrogen-bond acceptors (Lipinski definition) is 3. The molecule has 0 aromatic heterocycles. The van der Waals surface area contributed by atoms with E-state index in [0.29, 0.717) is 13.0 Å². The van der Waals surface area contributed by atoms with Crippen molar-refractivity contribution in [1.29, 1.82) is 0 Å². The van der Waals surface area contributed by atoms with Gasteiger partial charge in [-0.2, -0.15) is 0 Å². The van der Waals surface area contributed by atoms with Crippen LogP contribution in [0.4, 0.5) is 5.69 Å². The number of aryl methyl sites for hydroxylation is 2. The summed E-state index contributed by atoms with van der Waals surface area (Å²) in [6, 6.07) is 6.18.